The Morgan fingerprint density at radius 2 is 1.70 bits per heavy atom. The molecule has 0 unspecified atom stereocenters. The summed E-state index contributed by atoms with van der Waals surface area (Å²) >= 11 is 0. The summed E-state index contributed by atoms with van der Waals surface area (Å²) in [5.74, 6) is -1.54. The van der Waals surface area contributed by atoms with Crippen molar-refractivity contribution in [2.75, 3.05) is 27.9 Å². The summed E-state index contributed by atoms with van der Waals surface area (Å²) in [4.78, 5) is 25.3. The van der Waals surface area contributed by atoms with Gasteiger partial charge in [-0.3, -0.25) is 4.90 Å². The van der Waals surface area contributed by atoms with Crippen LogP contribution in [0.1, 0.15) is 27.2 Å². The molecule has 7 heteroatoms. The number of likely N-dealkylation sites (tertiary alicyclic amines) is 1. The molecule has 1 rings (SSSR count). The number of ether oxygens (including phenoxy) is 4. The first-order valence-corrected chi connectivity index (χ1v) is 6.36. The molecule has 1 saturated heterocycles. The molecule has 0 saturated carbocycles. The van der Waals surface area contributed by atoms with Gasteiger partial charge in [0.25, 0.3) is 0 Å². The quantitative estimate of drug-likeness (QED) is 0.573. The van der Waals surface area contributed by atoms with Crippen molar-refractivity contribution in [1.82, 2.24) is 4.90 Å². The molecule has 0 aromatic carbocycles. The molecular weight excluding hydrogens is 266 g/mol. The number of hydrogen-bond donors (Lipinski definition) is 0. The fraction of sp³-hybridized carbons (Fsp3) is 0.846. The number of methoxy groups -OCH3 is 3. The second-order valence-corrected chi connectivity index (χ2v) is 5.67. The third-order valence-corrected chi connectivity index (χ3v) is 3.14. The molecule has 1 heterocycles. The minimum absolute atomic E-state index is 0.106. The van der Waals surface area contributed by atoms with E-state index in [0.29, 0.717) is 0 Å². The van der Waals surface area contributed by atoms with Gasteiger partial charge >= 0.3 is 12.1 Å². The molecule has 1 amide bonds. The van der Waals surface area contributed by atoms with Crippen LogP contribution < -0.4 is 0 Å². The summed E-state index contributed by atoms with van der Waals surface area (Å²) in [5, 5.41) is 0. The highest BCUT2D eigenvalue weighted by Gasteiger charge is 2.51. The summed E-state index contributed by atoms with van der Waals surface area (Å²) in [6.07, 6.45) is -0.393. The first-order chi connectivity index (χ1) is 9.18. The van der Waals surface area contributed by atoms with Crippen LogP contribution in [0.5, 0.6) is 0 Å². The first kappa shape index (κ1) is 16.7. The van der Waals surface area contributed by atoms with Gasteiger partial charge in [-0.1, -0.05) is 0 Å². The van der Waals surface area contributed by atoms with Crippen molar-refractivity contribution in [3.8, 4) is 0 Å². The van der Waals surface area contributed by atoms with E-state index in [1.54, 1.807) is 20.8 Å². The van der Waals surface area contributed by atoms with E-state index >= 15 is 0 Å². The number of amides is 1. The molecule has 1 aliphatic heterocycles. The zero-order chi connectivity index (χ0) is 15.6. The third kappa shape index (κ3) is 3.61. The highest BCUT2D eigenvalue weighted by molar-refractivity contribution is 5.82. The van der Waals surface area contributed by atoms with Crippen molar-refractivity contribution in [2.45, 2.75) is 44.6 Å². The van der Waals surface area contributed by atoms with Crippen LogP contribution in [0.4, 0.5) is 4.79 Å². The highest BCUT2D eigenvalue weighted by atomic mass is 16.7. The molecule has 0 radical (unpaired) electrons. The topological polar surface area (TPSA) is 74.3 Å². The van der Waals surface area contributed by atoms with Gasteiger partial charge < -0.3 is 18.9 Å². The van der Waals surface area contributed by atoms with Crippen LogP contribution in [-0.4, -0.2) is 62.3 Å². The molecule has 116 valence electrons. The van der Waals surface area contributed by atoms with Crippen molar-refractivity contribution in [1.29, 1.82) is 0 Å². The Morgan fingerprint density at radius 3 is 2.10 bits per heavy atom. The summed E-state index contributed by atoms with van der Waals surface area (Å²) in [7, 11) is 4.21. The number of carbonyl (C=O) groups excluding carboxylic acids is 2. The number of carbonyl (C=O) groups is 2. The Balaban J connectivity index is 2.95. The van der Waals surface area contributed by atoms with Gasteiger partial charge in [0.1, 0.15) is 11.6 Å². The fourth-order valence-corrected chi connectivity index (χ4v) is 2.08. The monoisotopic (exact) mass is 289 g/mol. The maximum atomic E-state index is 12.2. The van der Waals surface area contributed by atoms with E-state index in [1.165, 1.54) is 26.2 Å². The van der Waals surface area contributed by atoms with Crippen molar-refractivity contribution < 1.29 is 28.5 Å². The van der Waals surface area contributed by atoms with Crippen molar-refractivity contribution in [3.63, 3.8) is 0 Å². The van der Waals surface area contributed by atoms with Crippen LogP contribution in [0.15, 0.2) is 0 Å². The van der Waals surface area contributed by atoms with Gasteiger partial charge in [-0.25, -0.2) is 9.59 Å². The second-order valence-electron chi connectivity index (χ2n) is 5.67. The predicted octanol–water partition coefficient (Wildman–Crippen LogP) is 1.16. The Hall–Kier alpha value is -1.34. The van der Waals surface area contributed by atoms with Crippen LogP contribution in [0.2, 0.25) is 0 Å². The lowest BCUT2D eigenvalue weighted by Crippen LogP contribution is -2.44. The van der Waals surface area contributed by atoms with Gasteiger partial charge in [-0.15, -0.1) is 0 Å². The maximum Gasteiger partial charge on any atom is 0.411 e. The SMILES string of the molecule is COC(=O)[C@@H]1CC(OC)(OC)CN1C(=O)OC(C)(C)C. The molecule has 20 heavy (non-hydrogen) atoms. The smallest absolute Gasteiger partial charge is 0.411 e. The number of hydrogen-bond acceptors (Lipinski definition) is 6. The molecule has 0 spiro atoms. The maximum absolute atomic E-state index is 12.2. The first-order valence-electron chi connectivity index (χ1n) is 6.36. The molecule has 0 N–H and O–H groups in total. The predicted molar refractivity (Wildman–Crippen MR) is 70.1 cm³/mol. The van der Waals surface area contributed by atoms with Crippen LogP contribution in [0.3, 0.4) is 0 Å². The molecule has 0 aromatic rings. The van der Waals surface area contributed by atoms with Gasteiger partial charge in [-0.05, 0) is 20.8 Å². The van der Waals surface area contributed by atoms with E-state index in [9.17, 15) is 9.59 Å². The molecule has 0 aromatic heterocycles. The average molecular weight is 289 g/mol. The normalized spacial score (nSPS) is 21.7. The van der Waals surface area contributed by atoms with E-state index in [0.717, 1.165) is 0 Å². The largest absolute Gasteiger partial charge is 0.467 e. The lowest BCUT2D eigenvalue weighted by Gasteiger charge is -2.28. The zero-order valence-corrected chi connectivity index (χ0v) is 12.9. The van der Waals surface area contributed by atoms with Crippen molar-refractivity contribution in [2.24, 2.45) is 0 Å². The van der Waals surface area contributed by atoms with Crippen molar-refractivity contribution in [3.05, 3.63) is 0 Å². The van der Waals surface area contributed by atoms with Crippen LogP contribution in [0.25, 0.3) is 0 Å². The average Bonchev–Trinajstić information content (AvgIpc) is 2.76. The Morgan fingerprint density at radius 1 is 1.15 bits per heavy atom. The minimum atomic E-state index is -1.02. The van der Waals surface area contributed by atoms with Gasteiger partial charge in [-0.2, -0.15) is 0 Å². The van der Waals surface area contributed by atoms with E-state index in [4.69, 9.17) is 18.9 Å². The van der Waals surface area contributed by atoms with Gasteiger partial charge in [0.2, 0.25) is 0 Å². The second kappa shape index (κ2) is 5.97. The van der Waals surface area contributed by atoms with Crippen LogP contribution in [-0.2, 0) is 23.7 Å². The third-order valence-electron chi connectivity index (χ3n) is 3.14. The molecule has 0 bridgehead atoms. The molecule has 7 nitrogen and oxygen atoms in total. The fourth-order valence-electron chi connectivity index (χ4n) is 2.08. The molecule has 1 aliphatic rings. The lowest BCUT2D eigenvalue weighted by atomic mass is 10.1. The lowest BCUT2D eigenvalue weighted by molar-refractivity contribution is -0.196. The highest BCUT2D eigenvalue weighted by Crippen LogP contribution is 2.32. The summed E-state index contributed by atoms with van der Waals surface area (Å²) in [6, 6.07) is -0.783. The zero-order valence-electron chi connectivity index (χ0n) is 12.9. The van der Waals surface area contributed by atoms with Crippen LogP contribution >= 0.6 is 0 Å². The summed E-state index contributed by atoms with van der Waals surface area (Å²) in [5.41, 5.74) is -0.650. The number of nitrogens with zero attached hydrogens (tertiary/aromatic N) is 1. The molecule has 0 aliphatic carbocycles. The Bertz CT molecular complexity index is 372. The van der Waals surface area contributed by atoms with Gasteiger partial charge in [0.15, 0.2) is 5.79 Å². The van der Waals surface area contributed by atoms with Crippen LogP contribution in [0, 0.1) is 0 Å². The van der Waals surface area contributed by atoms with Gasteiger partial charge in [0, 0.05) is 20.6 Å². The number of rotatable bonds is 3. The molecule has 1 atom stereocenters. The molecule has 1 fully saturated rings. The minimum Gasteiger partial charge on any atom is -0.467 e. The van der Waals surface area contributed by atoms with E-state index in [2.05, 4.69) is 0 Å². The van der Waals surface area contributed by atoms with Crippen molar-refractivity contribution >= 4 is 12.1 Å². The number of esters is 1. The van der Waals surface area contributed by atoms with E-state index < -0.39 is 29.5 Å². The molecular formula is C13H23NO6. The van der Waals surface area contributed by atoms with E-state index in [1.807, 2.05) is 0 Å². The summed E-state index contributed by atoms with van der Waals surface area (Å²) in [6.45, 7) is 5.38. The van der Waals surface area contributed by atoms with Gasteiger partial charge in [0.05, 0.1) is 13.7 Å². The summed E-state index contributed by atoms with van der Waals surface area (Å²) < 4.78 is 20.6. The Labute approximate surface area is 119 Å². The Kier molecular flexibility index (Phi) is 4.99. The standard InChI is InChI=1S/C13H23NO6/c1-12(2,3)20-11(16)14-8-13(18-5,19-6)7-9(14)10(15)17-4/h9H,7-8H2,1-6H3/t9-/m0/s1. The van der Waals surface area contributed by atoms with E-state index in [-0.39, 0.29) is 13.0 Å².